The van der Waals surface area contributed by atoms with Crippen molar-refractivity contribution in [2.24, 2.45) is 0 Å². The van der Waals surface area contributed by atoms with Gasteiger partial charge in [-0.25, -0.2) is 0 Å². The molecule has 0 atom stereocenters. The molecular weight excluding hydrogens is 442 g/mol. The summed E-state index contributed by atoms with van der Waals surface area (Å²) in [4.78, 5) is 0. The second-order valence-corrected chi connectivity index (χ2v) is 3.18. The number of hydrogen-bond donors (Lipinski definition) is 0. The Kier molecular flexibility index (Phi) is 189. The van der Waals surface area contributed by atoms with E-state index in [4.69, 9.17) is 65.4 Å². The quantitative estimate of drug-likeness (QED) is 0.316. The van der Waals surface area contributed by atoms with Gasteiger partial charge in [-0.15, -0.1) is 74.4 Å². The first-order valence-electron chi connectivity index (χ1n) is 6.16. The van der Waals surface area contributed by atoms with Gasteiger partial charge in [0.05, 0.1) is 0 Å². The summed E-state index contributed by atoms with van der Waals surface area (Å²) in [5.74, 6) is 0.708. The van der Waals surface area contributed by atoms with Crippen LogP contribution in [0.3, 0.4) is 0 Å². The van der Waals surface area contributed by atoms with Gasteiger partial charge in [-0.1, -0.05) is 20.8 Å². The van der Waals surface area contributed by atoms with E-state index in [0.717, 1.165) is 0 Å². The van der Waals surface area contributed by atoms with Crippen LogP contribution in [0.15, 0.2) is 0 Å². The van der Waals surface area contributed by atoms with E-state index in [2.05, 4.69) is 0 Å². The van der Waals surface area contributed by atoms with E-state index in [1.54, 1.807) is 20.8 Å². The number of rotatable bonds is 3. The molecule has 0 spiro atoms. The minimum atomic E-state index is -0.165. The van der Waals surface area contributed by atoms with E-state index in [0.29, 0.717) is 0 Å². The molecule has 0 aromatic rings. The molecule has 0 aliphatic heterocycles. The van der Waals surface area contributed by atoms with Gasteiger partial charge in [-0.3, -0.25) is 0 Å². The normalized spacial score (nSPS) is 6.55. The minimum Gasteiger partial charge on any atom is -0.855 e. The van der Waals surface area contributed by atoms with Gasteiger partial charge in [0.2, 0.25) is 0 Å². The summed E-state index contributed by atoms with van der Waals surface area (Å²) < 4.78 is 0. The molecule has 0 saturated carbocycles. The molecule has 0 aliphatic rings. The van der Waals surface area contributed by atoms with Gasteiger partial charge in [0.15, 0.2) is 0 Å². The molecule has 0 amide bonds. The average Bonchev–Trinajstić information content (AvgIpc) is 2.50. The van der Waals surface area contributed by atoms with Gasteiger partial charge in [-0.2, -0.15) is 0 Å². The third-order valence-electron chi connectivity index (χ3n) is 0.231. The summed E-state index contributed by atoms with van der Waals surface area (Å²) in [5.41, 5.74) is 0. The first kappa shape index (κ1) is 43.6. The molecule has 22 heavy (non-hydrogen) atoms. The van der Waals surface area contributed by atoms with Crippen molar-refractivity contribution in [2.75, 3.05) is 57.3 Å². The van der Waals surface area contributed by atoms with E-state index in [1.807, 2.05) is 0 Å². The van der Waals surface area contributed by atoms with Crippen molar-refractivity contribution >= 4 is 34.8 Å². The zero-order valence-electron chi connectivity index (χ0n) is 13.4. The number of alkyl halides is 3. The zero-order chi connectivity index (χ0) is 18.4. The van der Waals surface area contributed by atoms with E-state index >= 15 is 0 Å². The Bertz CT molecular complexity index is 71.6. The van der Waals surface area contributed by atoms with Crippen molar-refractivity contribution < 1.29 is 51.7 Å². The molecule has 0 aromatic heterocycles. The minimum absolute atomic E-state index is 0. The summed E-state index contributed by atoms with van der Waals surface area (Å²) in [6.45, 7) is 4.21. The third-order valence-corrected chi connectivity index (χ3v) is 0.694. The molecule has 0 saturated heterocycles. The van der Waals surface area contributed by atoms with Crippen molar-refractivity contribution in [2.45, 2.75) is 20.8 Å². The van der Waals surface area contributed by atoms with Crippen LogP contribution in [0.1, 0.15) is 20.8 Å². The maximum Gasteiger partial charge on any atom is 0.00696 e. The monoisotopic (exact) mass is 470 g/mol. The van der Waals surface area contributed by atoms with Crippen molar-refractivity contribution in [3.05, 3.63) is 0 Å². The van der Waals surface area contributed by atoms with Crippen molar-refractivity contribution in [1.82, 2.24) is 0 Å². The fourth-order valence-electron chi connectivity index (χ4n) is 0. The first-order chi connectivity index (χ1) is 9.99. The van der Waals surface area contributed by atoms with Gasteiger partial charge in [-0.05, 0) is 0 Å². The smallest absolute Gasteiger partial charge is 0.00696 e. The summed E-state index contributed by atoms with van der Waals surface area (Å²) in [6, 6.07) is 0. The maximum absolute atomic E-state index is 9.17. The summed E-state index contributed by atoms with van der Waals surface area (Å²) in [7, 11) is 0. The van der Waals surface area contributed by atoms with Crippen LogP contribution in [0.2, 0.25) is 0 Å². The van der Waals surface area contributed by atoms with E-state index in [9.17, 15) is 0 Å². The molecular formula is C12H27Cl3MoO6-6. The van der Waals surface area contributed by atoms with Gasteiger partial charge in [0.25, 0.3) is 0 Å². The summed E-state index contributed by atoms with van der Waals surface area (Å²) in [5, 5.41) is 54.3. The van der Waals surface area contributed by atoms with Crippen molar-refractivity contribution in [3.8, 4) is 0 Å². The average molecular weight is 470 g/mol. The molecule has 0 heterocycles. The molecule has 144 valence electrons. The van der Waals surface area contributed by atoms with Crippen LogP contribution in [0.5, 0.6) is 0 Å². The Balaban J connectivity index is -0.0000000245. The second kappa shape index (κ2) is 95.3. The van der Waals surface area contributed by atoms with Crippen LogP contribution in [0, 0.1) is 0 Å². The van der Waals surface area contributed by atoms with Crippen molar-refractivity contribution in [3.63, 3.8) is 0 Å². The van der Waals surface area contributed by atoms with Crippen LogP contribution in [0.25, 0.3) is 0 Å². The standard InChI is InChI=1S/3C2H4ClO.3C2H5O.Mo/c3*3-1-2-4;3*1-2-3;/h3*1-2H2;3*2H2,1H3;/q6*-1;. The van der Waals surface area contributed by atoms with Crippen LogP contribution >= 0.6 is 34.8 Å². The predicted octanol–water partition coefficient (Wildman–Crippen LogP) is -3.15. The van der Waals surface area contributed by atoms with Gasteiger partial charge in [0.1, 0.15) is 0 Å². The van der Waals surface area contributed by atoms with Crippen LogP contribution in [-0.2, 0) is 21.1 Å². The first-order valence-corrected chi connectivity index (χ1v) is 7.76. The Morgan fingerprint density at radius 3 is 0.545 bits per heavy atom. The summed E-state index contributed by atoms with van der Waals surface area (Å²) in [6.07, 6.45) is 0. The topological polar surface area (TPSA) is 138 Å². The molecule has 0 rings (SSSR count). The fourth-order valence-corrected chi connectivity index (χ4v) is 0. The molecule has 0 bridgehead atoms. The SMILES string of the molecule is CC[O-].CC[O-].CC[O-].[Mo].[O-]CCCl.[O-]CCCl.[O-]CCCl. The maximum atomic E-state index is 9.17. The molecule has 0 radical (unpaired) electrons. The Morgan fingerprint density at radius 2 is 0.545 bits per heavy atom. The Labute approximate surface area is 164 Å². The number of halogens is 3. The summed E-state index contributed by atoms with van der Waals surface area (Å²) >= 11 is 14.6. The van der Waals surface area contributed by atoms with E-state index in [-0.39, 0.29) is 78.3 Å². The van der Waals surface area contributed by atoms with Gasteiger partial charge >= 0.3 is 0 Å². The van der Waals surface area contributed by atoms with Crippen molar-refractivity contribution in [1.29, 1.82) is 0 Å². The molecule has 0 unspecified atom stereocenters. The van der Waals surface area contributed by atoms with Crippen LogP contribution in [-0.4, -0.2) is 57.3 Å². The van der Waals surface area contributed by atoms with Crippen LogP contribution in [0.4, 0.5) is 0 Å². The van der Waals surface area contributed by atoms with E-state index < -0.39 is 0 Å². The Hall–Kier alpha value is 1.32. The zero-order valence-corrected chi connectivity index (χ0v) is 17.6. The van der Waals surface area contributed by atoms with Gasteiger partial charge < -0.3 is 30.6 Å². The second-order valence-electron chi connectivity index (χ2n) is 2.05. The number of hydrogen-bond acceptors (Lipinski definition) is 6. The third kappa shape index (κ3) is 472. The van der Waals surface area contributed by atoms with Crippen LogP contribution < -0.4 is 30.6 Å². The molecule has 0 aromatic carbocycles. The Morgan fingerprint density at radius 1 is 0.500 bits per heavy atom. The largest absolute Gasteiger partial charge is 0.855 e. The molecule has 0 aliphatic carbocycles. The molecule has 10 heteroatoms. The van der Waals surface area contributed by atoms with Gasteiger partial charge in [0, 0.05) is 38.7 Å². The fraction of sp³-hybridized carbons (Fsp3) is 1.00. The molecule has 6 nitrogen and oxygen atoms in total. The molecule has 0 N–H and O–H groups in total. The predicted molar refractivity (Wildman–Crippen MR) is 78.4 cm³/mol. The molecule has 0 fully saturated rings. The van der Waals surface area contributed by atoms with E-state index in [1.165, 1.54) is 0 Å².